The highest BCUT2D eigenvalue weighted by molar-refractivity contribution is 7.15. The second kappa shape index (κ2) is 8.39. The first kappa shape index (κ1) is 19.8. The Morgan fingerprint density at radius 1 is 1.10 bits per heavy atom. The Hall–Kier alpha value is -3.93. The molecule has 0 atom stereocenters. The monoisotopic (exact) mass is 415 g/mol. The largest absolute Gasteiger partial charge is 0.496 e. The first-order valence-electron chi connectivity index (χ1n) is 8.07. The number of non-ortho nitro benzene ring substituents is 2. The molecule has 0 saturated carbocycles. The summed E-state index contributed by atoms with van der Waals surface area (Å²) in [6.07, 6.45) is 0.430. The highest BCUT2D eigenvalue weighted by Gasteiger charge is 2.21. The van der Waals surface area contributed by atoms with E-state index in [-0.39, 0.29) is 10.7 Å². The fourth-order valence-electron chi connectivity index (χ4n) is 2.49. The van der Waals surface area contributed by atoms with Crippen LogP contribution >= 0.6 is 11.3 Å². The smallest absolute Gasteiger partial charge is 0.277 e. The van der Waals surface area contributed by atoms with E-state index >= 15 is 0 Å². The summed E-state index contributed by atoms with van der Waals surface area (Å²) in [4.78, 5) is 32.7. The molecular weight excluding hydrogens is 402 g/mol. The summed E-state index contributed by atoms with van der Waals surface area (Å²) in [6, 6.07) is 10.1. The molecule has 1 heterocycles. The zero-order valence-corrected chi connectivity index (χ0v) is 15.7. The molecule has 12 heteroatoms. The van der Waals surface area contributed by atoms with E-state index in [9.17, 15) is 25.0 Å². The highest BCUT2D eigenvalue weighted by atomic mass is 32.1. The molecule has 0 aliphatic carbocycles. The molecule has 2 aromatic carbocycles. The number of carbonyl (C=O) groups excluding carboxylic acids is 1. The maximum atomic E-state index is 12.4. The number of methoxy groups -OCH3 is 1. The van der Waals surface area contributed by atoms with Crippen LogP contribution in [-0.4, -0.2) is 33.1 Å². The number of benzene rings is 2. The third-order valence-electron chi connectivity index (χ3n) is 3.81. The van der Waals surface area contributed by atoms with Gasteiger partial charge in [0.15, 0.2) is 0 Å². The third kappa shape index (κ3) is 4.68. The van der Waals surface area contributed by atoms with Crippen LogP contribution < -0.4 is 10.1 Å². The van der Waals surface area contributed by atoms with E-state index in [1.54, 1.807) is 7.11 Å². The number of carbonyl (C=O) groups is 1. The lowest BCUT2D eigenvalue weighted by Crippen LogP contribution is -2.12. The lowest BCUT2D eigenvalue weighted by atomic mass is 10.1. The predicted molar refractivity (Wildman–Crippen MR) is 103 cm³/mol. The second-order valence-electron chi connectivity index (χ2n) is 5.70. The van der Waals surface area contributed by atoms with E-state index in [0.29, 0.717) is 17.2 Å². The van der Waals surface area contributed by atoms with E-state index in [2.05, 4.69) is 15.5 Å². The summed E-state index contributed by atoms with van der Waals surface area (Å²) in [6.45, 7) is 0. The minimum atomic E-state index is -0.805. The lowest BCUT2D eigenvalue weighted by molar-refractivity contribution is -0.394. The van der Waals surface area contributed by atoms with Crippen molar-refractivity contribution in [2.75, 3.05) is 12.4 Å². The molecule has 29 heavy (non-hydrogen) atoms. The van der Waals surface area contributed by atoms with E-state index in [4.69, 9.17) is 4.74 Å². The summed E-state index contributed by atoms with van der Waals surface area (Å²) in [5.41, 5.74) is -0.456. The molecule has 1 amide bonds. The van der Waals surface area contributed by atoms with Crippen LogP contribution in [0.2, 0.25) is 0 Å². The number of ether oxygens (including phenoxy) is 1. The molecule has 0 spiro atoms. The van der Waals surface area contributed by atoms with Crippen molar-refractivity contribution in [3.63, 3.8) is 0 Å². The van der Waals surface area contributed by atoms with Crippen LogP contribution in [0.15, 0.2) is 42.5 Å². The van der Waals surface area contributed by atoms with Gasteiger partial charge >= 0.3 is 0 Å². The number of hydrogen-bond acceptors (Lipinski definition) is 9. The zero-order chi connectivity index (χ0) is 21.0. The van der Waals surface area contributed by atoms with Crippen LogP contribution in [0.3, 0.4) is 0 Å². The summed E-state index contributed by atoms with van der Waals surface area (Å²) >= 11 is 1.11. The van der Waals surface area contributed by atoms with Crippen molar-refractivity contribution in [3.8, 4) is 5.75 Å². The molecule has 0 unspecified atom stereocenters. The molecule has 1 aromatic heterocycles. The highest BCUT2D eigenvalue weighted by Crippen LogP contribution is 2.26. The van der Waals surface area contributed by atoms with Crippen molar-refractivity contribution in [2.45, 2.75) is 6.42 Å². The van der Waals surface area contributed by atoms with Gasteiger partial charge in [-0.3, -0.25) is 30.3 Å². The molecule has 3 aromatic rings. The Kier molecular flexibility index (Phi) is 5.74. The first-order chi connectivity index (χ1) is 13.9. The normalized spacial score (nSPS) is 10.4. The Labute approximate surface area is 167 Å². The molecule has 0 saturated heterocycles. The van der Waals surface area contributed by atoms with Gasteiger partial charge in [0.1, 0.15) is 10.8 Å². The fraction of sp³-hybridized carbons (Fsp3) is 0.118. The zero-order valence-electron chi connectivity index (χ0n) is 14.9. The van der Waals surface area contributed by atoms with Gasteiger partial charge < -0.3 is 4.74 Å². The Bertz CT molecular complexity index is 1070. The molecule has 148 valence electrons. The number of anilines is 1. The second-order valence-corrected chi connectivity index (χ2v) is 6.76. The Morgan fingerprint density at radius 3 is 2.38 bits per heavy atom. The summed E-state index contributed by atoms with van der Waals surface area (Å²) in [5, 5.41) is 33.0. The van der Waals surface area contributed by atoms with Gasteiger partial charge in [-0.2, -0.15) is 0 Å². The molecule has 0 radical (unpaired) electrons. The van der Waals surface area contributed by atoms with E-state index < -0.39 is 27.1 Å². The third-order valence-corrected chi connectivity index (χ3v) is 4.65. The van der Waals surface area contributed by atoms with Crippen molar-refractivity contribution >= 4 is 33.8 Å². The van der Waals surface area contributed by atoms with Gasteiger partial charge in [-0.1, -0.05) is 29.5 Å². The Balaban J connectivity index is 1.78. The minimum Gasteiger partial charge on any atom is -0.496 e. The van der Waals surface area contributed by atoms with Gasteiger partial charge in [-0.05, 0) is 6.07 Å². The molecule has 0 bridgehead atoms. The maximum absolute atomic E-state index is 12.4. The van der Waals surface area contributed by atoms with Crippen molar-refractivity contribution < 1.29 is 19.4 Å². The van der Waals surface area contributed by atoms with Gasteiger partial charge in [0, 0.05) is 24.1 Å². The number of amides is 1. The fourth-order valence-corrected chi connectivity index (χ4v) is 3.25. The number of para-hydroxylation sites is 1. The van der Waals surface area contributed by atoms with Crippen LogP contribution in [0.5, 0.6) is 5.75 Å². The number of nitrogens with one attached hydrogen (secondary N) is 1. The van der Waals surface area contributed by atoms with Gasteiger partial charge in [-0.25, -0.2) is 0 Å². The van der Waals surface area contributed by atoms with Gasteiger partial charge in [0.2, 0.25) is 5.13 Å². The predicted octanol–water partition coefficient (Wildman–Crippen LogP) is 3.21. The molecule has 3 rings (SSSR count). The van der Waals surface area contributed by atoms with Crippen LogP contribution in [0.4, 0.5) is 16.5 Å². The first-order valence-corrected chi connectivity index (χ1v) is 8.88. The molecule has 0 fully saturated rings. The van der Waals surface area contributed by atoms with E-state index in [1.807, 2.05) is 24.3 Å². The molecular formula is C17H13N5O6S. The van der Waals surface area contributed by atoms with Crippen LogP contribution in [0, 0.1) is 20.2 Å². The van der Waals surface area contributed by atoms with Crippen molar-refractivity contribution in [3.05, 3.63) is 78.8 Å². The quantitative estimate of drug-likeness (QED) is 0.456. The maximum Gasteiger partial charge on any atom is 0.277 e. The minimum absolute atomic E-state index is 0.161. The SMILES string of the molecule is COc1ccccc1Cc1nnc(NC(=O)c2cc([N+](=O)[O-])cc([N+](=O)[O-])c2)s1. The summed E-state index contributed by atoms with van der Waals surface area (Å²) in [7, 11) is 1.56. The molecule has 11 nitrogen and oxygen atoms in total. The van der Waals surface area contributed by atoms with Crippen molar-refractivity contribution in [1.29, 1.82) is 0 Å². The number of hydrogen-bond donors (Lipinski definition) is 1. The van der Waals surface area contributed by atoms with Crippen LogP contribution in [0.1, 0.15) is 20.9 Å². The Morgan fingerprint density at radius 2 is 1.76 bits per heavy atom. The standard InChI is InChI=1S/C17H13N5O6S/c1-28-14-5-3-2-4-10(14)8-15-19-20-17(29-15)18-16(23)11-6-12(21(24)25)9-13(7-11)22(26)27/h2-7,9H,8H2,1H3,(H,18,20,23). The molecule has 0 aliphatic heterocycles. The number of nitro groups is 2. The van der Waals surface area contributed by atoms with E-state index in [0.717, 1.165) is 35.1 Å². The van der Waals surface area contributed by atoms with Crippen molar-refractivity contribution in [1.82, 2.24) is 10.2 Å². The van der Waals surface area contributed by atoms with Gasteiger partial charge in [0.25, 0.3) is 17.3 Å². The number of nitrogens with zero attached hydrogens (tertiary/aromatic N) is 4. The topological polar surface area (TPSA) is 150 Å². The lowest BCUT2D eigenvalue weighted by Gasteiger charge is -2.05. The van der Waals surface area contributed by atoms with Gasteiger partial charge in [-0.15, -0.1) is 10.2 Å². The number of rotatable bonds is 7. The molecule has 1 N–H and O–H groups in total. The number of aromatic nitrogens is 2. The van der Waals surface area contributed by atoms with Gasteiger partial charge in [0.05, 0.1) is 28.6 Å². The summed E-state index contributed by atoms with van der Waals surface area (Å²) in [5.74, 6) is -0.0750. The average molecular weight is 415 g/mol. The van der Waals surface area contributed by atoms with E-state index in [1.165, 1.54) is 0 Å². The van der Waals surface area contributed by atoms with Crippen LogP contribution in [0.25, 0.3) is 0 Å². The molecule has 0 aliphatic rings. The number of nitro benzene ring substituents is 2. The van der Waals surface area contributed by atoms with Crippen molar-refractivity contribution in [2.24, 2.45) is 0 Å². The van der Waals surface area contributed by atoms with Crippen LogP contribution in [-0.2, 0) is 6.42 Å². The summed E-state index contributed by atoms with van der Waals surface area (Å²) < 4.78 is 5.28. The average Bonchev–Trinajstić information content (AvgIpc) is 3.14.